The van der Waals surface area contributed by atoms with Crippen LogP contribution in [0.5, 0.6) is 0 Å². The van der Waals surface area contributed by atoms with Crippen LogP contribution < -0.4 is 10.6 Å². The van der Waals surface area contributed by atoms with Gasteiger partial charge in [-0.2, -0.15) is 0 Å². The van der Waals surface area contributed by atoms with E-state index in [1.54, 1.807) is 19.1 Å². The molecule has 0 spiro atoms. The SMILES string of the molecule is Cc1ccc(-c2[nH]c3ccccc3c2NC(=O)Nc2ccc(C)c(F)c2)cc1. The lowest BCUT2D eigenvalue weighted by atomic mass is 10.1. The molecule has 0 fully saturated rings. The quantitative estimate of drug-likeness (QED) is 0.391. The normalized spacial score (nSPS) is 10.8. The van der Waals surface area contributed by atoms with Gasteiger partial charge in [-0.25, -0.2) is 9.18 Å². The standard InChI is InChI=1S/C23H20FN3O/c1-14-7-10-16(11-8-14)21-22(18-5-3-4-6-20(18)26-21)27-23(28)25-17-12-9-15(2)19(24)13-17/h3-13,26H,1-2H3,(H2,25,27,28). The number of carbonyl (C=O) groups excluding carboxylic acids is 1. The number of aryl methyl sites for hydroxylation is 2. The van der Waals surface area contributed by atoms with Crippen LogP contribution in [0.3, 0.4) is 0 Å². The van der Waals surface area contributed by atoms with Crippen LogP contribution in [0.1, 0.15) is 11.1 Å². The van der Waals surface area contributed by atoms with E-state index in [1.807, 2.05) is 55.5 Å². The molecule has 0 aliphatic rings. The van der Waals surface area contributed by atoms with Gasteiger partial charge in [-0.05, 0) is 37.6 Å². The van der Waals surface area contributed by atoms with E-state index in [-0.39, 0.29) is 5.82 Å². The maximum absolute atomic E-state index is 13.8. The molecule has 2 amide bonds. The molecule has 1 heterocycles. The molecule has 3 aromatic carbocycles. The Morgan fingerprint density at radius 3 is 2.43 bits per heavy atom. The van der Waals surface area contributed by atoms with Gasteiger partial charge in [0.2, 0.25) is 0 Å². The Kier molecular flexibility index (Phi) is 4.57. The molecule has 0 bridgehead atoms. The van der Waals surface area contributed by atoms with E-state index < -0.39 is 6.03 Å². The van der Waals surface area contributed by atoms with Crippen molar-refractivity contribution in [3.8, 4) is 11.3 Å². The number of nitrogens with one attached hydrogen (secondary N) is 3. The highest BCUT2D eigenvalue weighted by molar-refractivity contribution is 6.10. The Bertz CT molecular complexity index is 1160. The van der Waals surface area contributed by atoms with Crippen LogP contribution in [0, 0.1) is 19.7 Å². The third-order valence-electron chi connectivity index (χ3n) is 4.71. The molecule has 0 atom stereocenters. The maximum atomic E-state index is 13.8. The summed E-state index contributed by atoms with van der Waals surface area (Å²) in [4.78, 5) is 16.0. The van der Waals surface area contributed by atoms with Gasteiger partial charge in [-0.15, -0.1) is 0 Å². The molecule has 0 saturated heterocycles. The van der Waals surface area contributed by atoms with Crippen LogP contribution in [0.15, 0.2) is 66.7 Å². The smallest absolute Gasteiger partial charge is 0.323 e. The zero-order chi connectivity index (χ0) is 19.7. The zero-order valence-electron chi connectivity index (χ0n) is 15.6. The van der Waals surface area contributed by atoms with Crippen LogP contribution in [0.25, 0.3) is 22.2 Å². The number of amides is 2. The van der Waals surface area contributed by atoms with E-state index in [9.17, 15) is 9.18 Å². The van der Waals surface area contributed by atoms with Crippen molar-refractivity contribution in [2.24, 2.45) is 0 Å². The van der Waals surface area contributed by atoms with Gasteiger partial charge in [0.25, 0.3) is 0 Å². The number of benzene rings is 3. The fraction of sp³-hybridized carbons (Fsp3) is 0.0870. The van der Waals surface area contributed by atoms with Gasteiger partial charge in [-0.1, -0.05) is 54.1 Å². The largest absolute Gasteiger partial charge is 0.353 e. The number of halogens is 1. The predicted molar refractivity (Wildman–Crippen MR) is 112 cm³/mol. The van der Waals surface area contributed by atoms with Gasteiger partial charge in [-0.3, -0.25) is 0 Å². The second kappa shape index (κ2) is 7.19. The van der Waals surface area contributed by atoms with Crippen LogP contribution in [-0.4, -0.2) is 11.0 Å². The Morgan fingerprint density at radius 1 is 0.929 bits per heavy atom. The molecule has 140 valence electrons. The first-order chi connectivity index (χ1) is 13.5. The Morgan fingerprint density at radius 2 is 1.68 bits per heavy atom. The molecule has 0 saturated carbocycles. The maximum Gasteiger partial charge on any atom is 0.323 e. The van der Waals surface area contributed by atoms with E-state index in [1.165, 1.54) is 6.07 Å². The Hall–Kier alpha value is -3.60. The number of hydrogen-bond acceptors (Lipinski definition) is 1. The number of aromatic amines is 1. The van der Waals surface area contributed by atoms with Gasteiger partial charge in [0, 0.05) is 22.2 Å². The summed E-state index contributed by atoms with van der Waals surface area (Å²) in [7, 11) is 0. The molecule has 0 aliphatic heterocycles. The molecular weight excluding hydrogens is 353 g/mol. The molecule has 0 aliphatic carbocycles. The molecule has 1 aromatic heterocycles. The Balaban J connectivity index is 1.68. The average molecular weight is 373 g/mol. The number of urea groups is 1. The van der Waals surface area contributed by atoms with Crippen molar-refractivity contribution in [3.05, 3.63) is 83.7 Å². The van der Waals surface area contributed by atoms with Gasteiger partial charge < -0.3 is 15.6 Å². The zero-order valence-corrected chi connectivity index (χ0v) is 15.6. The topological polar surface area (TPSA) is 56.9 Å². The van der Waals surface area contributed by atoms with Crippen molar-refractivity contribution in [2.45, 2.75) is 13.8 Å². The lowest BCUT2D eigenvalue weighted by Gasteiger charge is -2.10. The molecule has 4 aromatic rings. The highest BCUT2D eigenvalue weighted by atomic mass is 19.1. The highest BCUT2D eigenvalue weighted by Crippen LogP contribution is 2.35. The highest BCUT2D eigenvalue weighted by Gasteiger charge is 2.15. The van der Waals surface area contributed by atoms with Crippen LogP contribution >= 0.6 is 0 Å². The summed E-state index contributed by atoms with van der Waals surface area (Å²) in [6, 6.07) is 20.0. The van der Waals surface area contributed by atoms with E-state index >= 15 is 0 Å². The number of anilines is 2. The number of para-hydroxylation sites is 1. The number of fused-ring (bicyclic) bond motifs is 1. The number of aromatic nitrogens is 1. The molecule has 3 N–H and O–H groups in total. The summed E-state index contributed by atoms with van der Waals surface area (Å²) < 4.78 is 13.8. The lowest BCUT2D eigenvalue weighted by Crippen LogP contribution is -2.19. The van der Waals surface area contributed by atoms with E-state index in [0.717, 1.165) is 27.7 Å². The van der Waals surface area contributed by atoms with Crippen molar-refractivity contribution >= 4 is 28.3 Å². The average Bonchev–Trinajstić information content (AvgIpc) is 3.04. The van der Waals surface area contributed by atoms with Crippen LogP contribution in [0.4, 0.5) is 20.6 Å². The lowest BCUT2D eigenvalue weighted by molar-refractivity contribution is 0.262. The summed E-state index contributed by atoms with van der Waals surface area (Å²) in [5.41, 5.74) is 5.50. The van der Waals surface area contributed by atoms with Crippen LogP contribution in [-0.2, 0) is 0 Å². The van der Waals surface area contributed by atoms with Crippen LogP contribution in [0.2, 0.25) is 0 Å². The second-order valence-electron chi connectivity index (χ2n) is 6.83. The predicted octanol–water partition coefficient (Wildman–Crippen LogP) is 6.23. The Labute approximate surface area is 162 Å². The van der Waals surface area contributed by atoms with Gasteiger partial charge in [0.05, 0.1) is 11.4 Å². The third kappa shape index (κ3) is 3.47. The minimum atomic E-state index is -0.429. The number of hydrogen-bond donors (Lipinski definition) is 3. The summed E-state index contributed by atoms with van der Waals surface area (Å²) in [5.74, 6) is -0.356. The number of rotatable bonds is 3. The summed E-state index contributed by atoms with van der Waals surface area (Å²) in [6.45, 7) is 3.71. The second-order valence-corrected chi connectivity index (χ2v) is 6.83. The summed E-state index contributed by atoms with van der Waals surface area (Å²) >= 11 is 0. The van der Waals surface area contributed by atoms with Gasteiger partial charge >= 0.3 is 6.03 Å². The van der Waals surface area contributed by atoms with Gasteiger partial charge in [0.15, 0.2) is 0 Å². The monoisotopic (exact) mass is 373 g/mol. The van der Waals surface area contributed by atoms with Crippen molar-refractivity contribution < 1.29 is 9.18 Å². The third-order valence-corrected chi connectivity index (χ3v) is 4.71. The van der Waals surface area contributed by atoms with Crippen molar-refractivity contribution in [1.82, 2.24) is 4.98 Å². The first-order valence-electron chi connectivity index (χ1n) is 9.03. The van der Waals surface area contributed by atoms with E-state index in [0.29, 0.717) is 16.9 Å². The first-order valence-corrected chi connectivity index (χ1v) is 9.03. The fourth-order valence-electron chi connectivity index (χ4n) is 3.16. The summed E-state index contributed by atoms with van der Waals surface area (Å²) in [5, 5.41) is 6.53. The molecule has 0 radical (unpaired) electrons. The van der Waals surface area contributed by atoms with E-state index in [2.05, 4.69) is 15.6 Å². The number of carbonyl (C=O) groups is 1. The molecule has 4 nitrogen and oxygen atoms in total. The number of H-pyrrole nitrogens is 1. The molecular formula is C23H20FN3O. The van der Waals surface area contributed by atoms with Crippen molar-refractivity contribution in [1.29, 1.82) is 0 Å². The first kappa shape index (κ1) is 17.8. The summed E-state index contributed by atoms with van der Waals surface area (Å²) in [6.07, 6.45) is 0. The fourth-order valence-corrected chi connectivity index (χ4v) is 3.16. The van der Waals surface area contributed by atoms with E-state index in [4.69, 9.17) is 0 Å². The molecule has 28 heavy (non-hydrogen) atoms. The van der Waals surface area contributed by atoms with Crippen molar-refractivity contribution in [2.75, 3.05) is 10.6 Å². The van der Waals surface area contributed by atoms with Crippen molar-refractivity contribution in [3.63, 3.8) is 0 Å². The minimum Gasteiger partial charge on any atom is -0.353 e. The van der Waals surface area contributed by atoms with Gasteiger partial charge in [0.1, 0.15) is 5.82 Å². The molecule has 4 rings (SSSR count). The molecule has 0 unspecified atom stereocenters. The minimum absolute atomic E-state index is 0.356. The molecule has 5 heteroatoms.